The first kappa shape index (κ1) is 19.1. The zero-order valence-electron chi connectivity index (χ0n) is 15.7. The highest BCUT2D eigenvalue weighted by atomic mass is 16.5. The predicted molar refractivity (Wildman–Crippen MR) is 102 cm³/mol. The van der Waals surface area contributed by atoms with Gasteiger partial charge in [0.15, 0.2) is 11.5 Å². The third-order valence-corrected chi connectivity index (χ3v) is 4.62. The van der Waals surface area contributed by atoms with Crippen LogP contribution in [-0.4, -0.2) is 20.3 Å². The van der Waals surface area contributed by atoms with E-state index in [9.17, 15) is 0 Å². The third-order valence-electron chi connectivity index (χ3n) is 4.62. The summed E-state index contributed by atoms with van der Waals surface area (Å²) in [7, 11) is 1.62. The zero-order chi connectivity index (χ0) is 18.3. The Morgan fingerprint density at radius 1 is 0.960 bits per heavy atom. The molecule has 0 aromatic heterocycles. The highest BCUT2D eigenvalue weighted by Crippen LogP contribution is 2.31. The fourth-order valence-electron chi connectivity index (χ4n) is 2.56. The van der Waals surface area contributed by atoms with Crippen molar-refractivity contribution in [3.05, 3.63) is 53.6 Å². The molecule has 2 aromatic rings. The van der Waals surface area contributed by atoms with Crippen molar-refractivity contribution in [2.75, 3.05) is 20.3 Å². The average molecular weight is 343 g/mol. The average Bonchev–Trinajstić information content (AvgIpc) is 2.65. The minimum Gasteiger partial charge on any atom is -0.493 e. The molecule has 0 amide bonds. The molecule has 4 heteroatoms. The van der Waals surface area contributed by atoms with Gasteiger partial charge in [0.1, 0.15) is 19.0 Å². The SMILES string of the molecule is CCC(C)(C)c1ccc(OCCOc2c(CN)cccc2OC)cc1. The van der Waals surface area contributed by atoms with Gasteiger partial charge >= 0.3 is 0 Å². The lowest BCUT2D eigenvalue weighted by atomic mass is 9.82. The van der Waals surface area contributed by atoms with Gasteiger partial charge < -0.3 is 19.9 Å². The lowest BCUT2D eigenvalue weighted by Gasteiger charge is -2.23. The maximum atomic E-state index is 5.84. The van der Waals surface area contributed by atoms with Crippen molar-refractivity contribution < 1.29 is 14.2 Å². The smallest absolute Gasteiger partial charge is 0.165 e. The molecule has 4 nitrogen and oxygen atoms in total. The van der Waals surface area contributed by atoms with Crippen LogP contribution in [-0.2, 0) is 12.0 Å². The van der Waals surface area contributed by atoms with Gasteiger partial charge in [-0.3, -0.25) is 0 Å². The minimum absolute atomic E-state index is 0.185. The van der Waals surface area contributed by atoms with Crippen molar-refractivity contribution in [3.8, 4) is 17.2 Å². The topological polar surface area (TPSA) is 53.7 Å². The number of hydrogen-bond acceptors (Lipinski definition) is 4. The number of rotatable bonds is 9. The van der Waals surface area contributed by atoms with Crippen molar-refractivity contribution >= 4 is 0 Å². The van der Waals surface area contributed by atoms with E-state index < -0.39 is 0 Å². The Bertz CT molecular complexity index is 643. The Kier molecular flexibility index (Phi) is 6.71. The molecule has 25 heavy (non-hydrogen) atoms. The Hall–Kier alpha value is -2.20. The number of hydrogen-bond donors (Lipinski definition) is 1. The van der Waals surface area contributed by atoms with Crippen molar-refractivity contribution in [2.24, 2.45) is 5.73 Å². The van der Waals surface area contributed by atoms with Crippen LogP contribution < -0.4 is 19.9 Å². The molecule has 0 aliphatic carbocycles. The third kappa shape index (κ3) is 4.89. The highest BCUT2D eigenvalue weighted by Gasteiger charge is 2.17. The van der Waals surface area contributed by atoms with Crippen molar-refractivity contribution in [2.45, 2.75) is 39.2 Å². The largest absolute Gasteiger partial charge is 0.493 e. The number of nitrogens with two attached hydrogens (primary N) is 1. The van der Waals surface area contributed by atoms with Crippen LogP contribution in [0, 0.1) is 0 Å². The zero-order valence-corrected chi connectivity index (χ0v) is 15.7. The molecule has 2 N–H and O–H groups in total. The molecule has 0 saturated heterocycles. The van der Waals surface area contributed by atoms with Gasteiger partial charge in [0.05, 0.1) is 7.11 Å². The second-order valence-corrected chi connectivity index (χ2v) is 6.61. The van der Waals surface area contributed by atoms with E-state index in [1.54, 1.807) is 7.11 Å². The standard InChI is InChI=1S/C21H29NO3/c1-5-21(2,3)17-9-11-18(12-10-17)24-13-14-25-20-16(15-22)7-6-8-19(20)23-4/h6-12H,5,13-15,22H2,1-4H3. The molecule has 0 aliphatic rings. The predicted octanol–water partition coefficient (Wildman–Crippen LogP) is 4.30. The van der Waals surface area contributed by atoms with Gasteiger partial charge in [-0.2, -0.15) is 0 Å². The Morgan fingerprint density at radius 3 is 2.24 bits per heavy atom. The van der Waals surface area contributed by atoms with E-state index in [1.165, 1.54) is 5.56 Å². The van der Waals surface area contributed by atoms with Crippen LogP contribution in [0.25, 0.3) is 0 Å². The first-order valence-electron chi connectivity index (χ1n) is 8.74. The fraction of sp³-hybridized carbons (Fsp3) is 0.429. The van der Waals surface area contributed by atoms with Crippen LogP contribution in [0.3, 0.4) is 0 Å². The summed E-state index contributed by atoms with van der Waals surface area (Å²) in [5.41, 5.74) is 8.19. The summed E-state index contributed by atoms with van der Waals surface area (Å²) in [5, 5.41) is 0. The van der Waals surface area contributed by atoms with Gasteiger partial charge in [0.2, 0.25) is 0 Å². The first-order valence-corrected chi connectivity index (χ1v) is 8.74. The van der Waals surface area contributed by atoms with E-state index in [-0.39, 0.29) is 5.41 Å². The number of para-hydroxylation sites is 1. The first-order chi connectivity index (χ1) is 12.0. The summed E-state index contributed by atoms with van der Waals surface area (Å²) in [6, 6.07) is 14.0. The molecule has 2 aromatic carbocycles. The molecule has 0 atom stereocenters. The lowest BCUT2D eigenvalue weighted by Crippen LogP contribution is -2.15. The summed E-state index contributed by atoms with van der Waals surface area (Å²) in [6.45, 7) is 7.99. The molecule has 0 aliphatic heterocycles. The van der Waals surface area contributed by atoms with Crippen LogP contribution in [0.2, 0.25) is 0 Å². The van der Waals surface area contributed by atoms with Crippen LogP contribution in [0.5, 0.6) is 17.2 Å². The number of ether oxygens (including phenoxy) is 3. The minimum atomic E-state index is 0.185. The van der Waals surface area contributed by atoms with E-state index in [2.05, 4.69) is 32.9 Å². The number of benzene rings is 2. The molecule has 0 heterocycles. The van der Waals surface area contributed by atoms with Crippen molar-refractivity contribution in [1.82, 2.24) is 0 Å². The van der Waals surface area contributed by atoms with E-state index in [0.29, 0.717) is 31.3 Å². The summed E-state index contributed by atoms with van der Waals surface area (Å²) in [6.07, 6.45) is 1.10. The summed E-state index contributed by atoms with van der Waals surface area (Å²) < 4.78 is 17.0. The lowest BCUT2D eigenvalue weighted by molar-refractivity contribution is 0.210. The summed E-state index contributed by atoms with van der Waals surface area (Å²) >= 11 is 0. The molecular formula is C21H29NO3. The Labute approximate surface area is 150 Å². The van der Waals surface area contributed by atoms with Crippen molar-refractivity contribution in [1.29, 1.82) is 0 Å². The van der Waals surface area contributed by atoms with E-state index in [1.807, 2.05) is 30.3 Å². The molecule has 2 rings (SSSR count). The monoisotopic (exact) mass is 343 g/mol. The molecule has 0 unspecified atom stereocenters. The maximum Gasteiger partial charge on any atom is 0.165 e. The molecule has 0 spiro atoms. The normalized spacial score (nSPS) is 11.2. The van der Waals surface area contributed by atoms with Crippen LogP contribution in [0.15, 0.2) is 42.5 Å². The second-order valence-electron chi connectivity index (χ2n) is 6.61. The van der Waals surface area contributed by atoms with Crippen molar-refractivity contribution in [3.63, 3.8) is 0 Å². The van der Waals surface area contributed by atoms with Crippen LogP contribution in [0.1, 0.15) is 38.3 Å². The maximum absolute atomic E-state index is 5.84. The summed E-state index contributed by atoms with van der Waals surface area (Å²) in [5.74, 6) is 2.23. The fourth-order valence-corrected chi connectivity index (χ4v) is 2.56. The Morgan fingerprint density at radius 2 is 1.64 bits per heavy atom. The van der Waals surface area contributed by atoms with E-state index >= 15 is 0 Å². The van der Waals surface area contributed by atoms with Gasteiger partial charge in [-0.15, -0.1) is 0 Å². The second kappa shape index (κ2) is 8.77. The van der Waals surface area contributed by atoms with Gasteiger partial charge in [0, 0.05) is 12.1 Å². The molecule has 0 fully saturated rings. The molecule has 0 saturated carbocycles. The highest BCUT2D eigenvalue weighted by molar-refractivity contribution is 5.46. The molecular weight excluding hydrogens is 314 g/mol. The Balaban J connectivity index is 1.90. The molecule has 136 valence electrons. The van der Waals surface area contributed by atoms with Crippen LogP contribution >= 0.6 is 0 Å². The van der Waals surface area contributed by atoms with E-state index in [4.69, 9.17) is 19.9 Å². The van der Waals surface area contributed by atoms with E-state index in [0.717, 1.165) is 17.7 Å². The summed E-state index contributed by atoms with van der Waals surface area (Å²) in [4.78, 5) is 0. The van der Waals surface area contributed by atoms with Gasteiger partial charge in [0.25, 0.3) is 0 Å². The van der Waals surface area contributed by atoms with Gasteiger partial charge in [-0.05, 0) is 35.6 Å². The molecule has 0 bridgehead atoms. The molecule has 0 radical (unpaired) electrons. The quantitative estimate of drug-likeness (QED) is 0.690. The number of methoxy groups -OCH3 is 1. The van der Waals surface area contributed by atoms with Gasteiger partial charge in [-0.25, -0.2) is 0 Å². The van der Waals surface area contributed by atoms with Gasteiger partial charge in [-0.1, -0.05) is 45.0 Å². The van der Waals surface area contributed by atoms with Crippen LogP contribution in [0.4, 0.5) is 0 Å².